The summed E-state index contributed by atoms with van der Waals surface area (Å²) in [5.41, 5.74) is 2.69. The average Bonchev–Trinajstić information content (AvgIpc) is 2.83. The van der Waals surface area contributed by atoms with Crippen LogP contribution in [0.5, 0.6) is 0 Å². The number of aromatic nitrogens is 2. The first-order valence-electron chi connectivity index (χ1n) is 5.72. The molecule has 0 saturated heterocycles. The zero-order chi connectivity index (χ0) is 12.9. The smallest absolute Gasteiger partial charge is 0.264 e. The number of carbonyl (C=O) groups is 1. The van der Waals surface area contributed by atoms with Crippen molar-refractivity contribution in [2.24, 2.45) is 0 Å². The minimum atomic E-state index is -0.540. The average molecular weight is 243 g/mol. The van der Waals surface area contributed by atoms with Crippen molar-refractivity contribution in [2.45, 2.75) is 19.3 Å². The van der Waals surface area contributed by atoms with Gasteiger partial charge in [-0.1, -0.05) is 6.07 Å². The van der Waals surface area contributed by atoms with Crippen molar-refractivity contribution in [1.29, 1.82) is 0 Å². The predicted octanol–water partition coefficient (Wildman–Crippen LogP) is 1.60. The van der Waals surface area contributed by atoms with Crippen molar-refractivity contribution < 1.29 is 4.79 Å². The van der Waals surface area contributed by atoms with Crippen molar-refractivity contribution in [3.63, 3.8) is 0 Å². The quantitative estimate of drug-likeness (QED) is 0.711. The van der Waals surface area contributed by atoms with Crippen LogP contribution in [-0.4, -0.2) is 16.1 Å². The highest BCUT2D eigenvalue weighted by atomic mass is 16.2. The Morgan fingerprint density at radius 1 is 1.06 bits per heavy atom. The fourth-order valence-corrected chi connectivity index (χ4v) is 2.23. The van der Waals surface area contributed by atoms with E-state index in [0.717, 1.165) is 22.5 Å². The largest absolute Gasteiger partial charge is 0.325 e. The maximum Gasteiger partial charge on any atom is 0.264 e. The molecule has 1 aliphatic heterocycles. The van der Waals surface area contributed by atoms with Crippen LogP contribution in [0.4, 0.5) is 5.69 Å². The van der Waals surface area contributed by atoms with Gasteiger partial charge in [-0.3, -0.25) is 19.8 Å². The fraction of sp³-hybridized carbons (Fsp3) is 0.231. The van der Waals surface area contributed by atoms with Crippen LogP contribution in [0.1, 0.15) is 19.4 Å². The zero-order valence-corrected chi connectivity index (χ0v) is 10.1. The monoisotopic (exact) mass is 243 g/mol. The number of nitrogens with one attached hydrogen (secondary N) is 3. The predicted molar refractivity (Wildman–Crippen MR) is 68.5 cm³/mol. The minimum absolute atomic E-state index is 0.00258. The molecule has 5 heteroatoms. The number of anilines is 1. The van der Waals surface area contributed by atoms with E-state index < -0.39 is 5.41 Å². The lowest BCUT2D eigenvalue weighted by Crippen LogP contribution is -2.26. The van der Waals surface area contributed by atoms with Gasteiger partial charge in [-0.15, -0.1) is 0 Å². The zero-order valence-electron chi connectivity index (χ0n) is 10.1. The van der Waals surface area contributed by atoms with E-state index in [0.29, 0.717) is 0 Å². The van der Waals surface area contributed by atoms with E-state index in [2.05, 4.69) is 15.5 Å². The van der Waals surface area contributed by atoms with E-state index in [1.807, 2.05) is 32.0 Å². The Morgan fingerprint density at radius 2 is 1.83 bits per heavy atom. The summed E-state index contributed by atoms with van der Waals surface area (Å²) >= 11 is 0. The van der Waals surface area contributed by atoms with Gasteiger partial charge in [0.2, 0.25) is 5.91 Å². The number of hydrogen-bond donors (Lipinski definition) is 3. The van der Waals surface area contributed by atoms with Crippen LogP contribution in [0, 0.1) is 0 Å². The molecule has 0 saturated carbocycles. The van der Waals surface area contributed by atoms with E-state index in [9.17, 15) is 9.59 Å². The van der Waals surface area contributed by atoms with Crippen LogP contribution < -0.4 is 10.9 Å². The van der Waals surface area contributed by atoms with Gasteiger partial charge in [0.15, 0.2) is 0 Å². The number of hydrogen-bond acceptors (Lipinski definition) is 2. The van der Waals surface area contributed by atoms with Crippen molar-refractivity contribution in [3.8, 4) is 11.3 Å². The topological polar surface area (TPSA) is 77.8 Å². The third-order valence-corrected chi connectivity index (χ3v) is 3.42. The normalized spacial score (nSPS) is 16.4. The number of aromatic amines is 2. The summed E-state index contributed by atoms with van der Waals surface area (Å²) in [6.07, 6.45) is 0. The van der Waals surface area contributed by atoms with Gasteiger partial charge in [0.1, 0.15) is 0 Å². The molecule has 0 unspecified atom stereocenters. The molecule has 1 aromatic carbocycles. The molecule has 92 valence electrons. The number of rotatable bonds is 1. The first kappa shape index (κ1) is 10.8. The van der Waals surface area contributed by atoms with Crippen LogP contribution in [-0.2, 0) is 10.2 Å². The second kappa shape index (κ2) is 3.35. The lowest BCUT2D eigenvalue weighted by Gasteiger charge is -2.15. The van der Waals surface area contributed by atoms with E-state index >= 15 is 0 Å². The van der Waals surface area contributed by atoms with Gasteiger partial charge in [0.05, 0.1) is 11.1 Å². The van der Waals surface area contributed by atoms with E-state index in [-0.39, 0.29) is 11.5 Å². The van der Waals surface area contributed by atoms with Gasteiger partial charge in [-0.25, -0.2) is 0 Å². The molecule has 5 nitrogen and oxygen atoms in total. The van der Waals surface area contributed by atoms with Crippen LogP contribution in [0.2, 0.25) is 0 Å². The number of H-pyrrole nitrogens is 2. The molecule has 2 aromatic rings. The Kier molecular flexibility index (Phi) is 2.02. The summed E-state index contributed by atoms with van der Waals surface area (Å²) in [7, 11) is 0. The summed E-state index contributed by atoms with van der Waals surface area (Å²) in [5, 5.41) is 8.16. The Bertz CT molecular complexity index is 694. The highest BCUT2D eigenvalue weighted by molar-refractivity contribution is 6.06. The van der Waals surface area contributed by atoms with E-state index in [1.54, 1.807) is 0 Å². The van der Waals surface area contributed by atoms with Crippen LogP contribution in [0.15, 0.2) is 29.1 Å². The molecule has 18 heavy (non-hydrogen) atoms. The third kappa shape index (κ3) is 1.40. The summed E-state index contributed by atoms with van der Waals surface area (Å²) < 4.78 is 0. The lowest BCUT2D eigenvalue weighted by atomic mass is 9.85. The molecule has 0 radical (unpaired) electrons. The van der Waals surface area contributed by atoms with Gasteiger partial charge in [-0.2, -0.15) is 0 Å². The molecule has 1 amide bonds. The van der Waals surface area contributed by atoms with Gasteiger partial charge in [0.25, 0.3) is 5.56 Å². The highest BCUT2D eigenvalue weighted by Gasteiger charge is 2.38. The first-order chi connectivity index (χ1) is 8.48. The summed E-state index contributed by atoms with van der Waals surface area (Å²) in [5.74, 6) is -0.00258. The SMILES string of the molecule is CC1(C)C(=O)Nc2ccc(-c3cc(=O)[nH][nH]3)cc21. The highest BCUT2D eigenvalue weighted by Crippen LogP contribution is 2.39. The standard InChI is InChI=1S/C13H13N3O2/c1-13(2)8-5-7(10-6-11(17)16-15-10)3-4-9(8)14-12(13)18/h3-6H,1-2H3,(H,14,18)(H2,15,16,17). The van der Waals surface area contributed by atoms with Gasteiger partial charge in [-0.05, 0) is 31.5 Å². The Morgan fingerprint density at radius 3 is 2.50 bits per heavy atom. The third-order valence-electron chi connectivity index (χ3n) is 3.42. The Labute approximate surface area is 103 Å². The van der Waals surface area contributed by atoms with Crippen molar-refractivity contribution in [1.82, 2.24) is 10.2 Å². The molecular formula is C13H13N3O2. The molecule has 0 atom stereocenters. The second-order valence-electron chi connectivity index (χ2n) is 5.01. The fourth-order valence-electron chi connectivity index (χ4n) is 2.23. The van der Waals surface area contributed by atoms with Crippen molar-refractivity contribution in [2.75, 3.05) is 5.32 Å². The lowest BCUT2D eigenvalue weighted by molar-refractivity contribution is -0.119. The second-order valence-corrected chi connectivity index (χ2v) is 5.01. The molecule has 0 fully saturated rings. The molecule has 3 N–H and O–H groups in total. The molecule has 0 aliphatic carbocycles. The number of benzene rings is 1. The van der Waals surface area contributed by atoms with E-state index in [4.69, 9.17) is 0 Å². The van der Waals surface area contributed by atoms with Crippen LogP contribution >= 0.6 is 0 Å². The number of fused-ring (bicyclic) bond motifs is 1. The Balaban J connectivity index is 2.16. The van der Waals surface area contributed by atoms with Crippen LogP contribution in [0.3, 0.4) is 0 Å². The summed E-state index contributed by atoms with van der Waals surface area (Å²) in [6.45, 7) is 3.77. The van der Waals surface area contributed by atoms with E-state index in [1.165, 1.54) is 6.07 Å². The maximum absolute atomic E-state index is 11.8. The molecular weight excluding hydrogens is 230 g/mol. The first-order valence-corrected chi connectivity index (χ1v) is 5.72. The molecule has 0 bridgehead atoms. The van der Waals surface area contributed by atoms with Gasteiger partial charge in [0, 0.05) is 17.3 Å². The van der Waals surface area contributed by atoms with Gasteiger partial charge < -0.3 is 5.32 Å². The molecule has 0 spiro atoms. The van der Waals surface area contributed by atoms with Crippen molar-refractivity contribution >= 4 is 11.6 Å². The van der Waals surface area contributed by atoms with Gasteiger partial charge >= 0.3 is 0 Å². The Hall–Kier alpha value is -2.30. The summed E-state index contributed by atoms with van der Waals surface area (Å²) in [6, 6.07) is 7.17. The number of amides is 1. The molecule has 2 heterocycles. The molecule has 3 rings (SSSR count). The maximum atomic E-state index is 11.8. The van der Waals surface area contributed by atoms with Crippen molar-refractivity contribution in [3.05, 3.63) is 40.2 Å². The molecule has 1 aromatic heterocycles. The minimum Gasteiger partial charge on any atom is -0.325 e. The van der Waals surface area contributed by atoms with Crippen LogP contribution in [0.25, 0.3) is 11.3 Å². The summed E-state index contributed by atoms with van der Waals surface area (Å²) in [4.78, 5) is 23.0. The molecule has 1 aliphatic rings. The number of carbonyl (C=O) groups excluding carboxylic acids is 1.